The molecule has 0 radical (unpaired) electrons. The summed E-state index contributed by atoms with van der Waals surface area (Å²) >= 11 is 7.89. The number of thiophene rings is 1. The predicted molar refractivity (Wildman–Crippen MR) is 114 cm³/mol. The summed E-state index contributed by atoms with van der Waals surface area (Å²) in [5, 5.41) is 0. The van der Waals surface area contributed by atoms with Crippen molar-refractivity contribution in [3.8, 4) is 0 Å². The smallest absolute Gasteiger partial charge is 0.341 e. The minimum absolute atomic E-state index is 0.178. The van der Waals surface area contributed by atoms with E-state index in [9.17, 15) is 4.79 Å². The molecule has 1 fully saturated rings. The Morgan fingerprint density at radius 1 is 1.40 bits per heavy atom. The number of carbonyl (C=O) groups excluding carboxylic acids is 1. The summed E-state index contributed by atoms with van der Waals surface area (Å²) in [5.74, 6) is 0.0405. The number of esters is 1. The van der Waals surface area contributed by atoms with Crippen LogP contribution in [0.15, 0.2) is 31.0 Å². The number of alkyl halides is 1. The normalized spacial score (nSPS) is 18.3. The third-order valence-corrected chi connectivity index (χ3v) is 6.06. The first-order valence-corrected chi connectivity index (χ1v) is 10.7. The Balaban J connectivity index is 1.67. The van der Waals surface area contributed by atoms with Gasteiger partial charge in [0.05, 0.1) is 29.0 Å². The Morgan fingerprint density at radius 3 is 2.90 bits per heavy atom. The molecule has 0 aromatic carbocycles. The van der Waals surface area contributed by atoms with Crippen LogP contribution in [0.3, 0.4) is 0 Å². The van der Waals surface area contributed by atoms with Crippen molar-refractivity contribution in [3.05, 3.63) is 41.4 Å². The highest BCUT2D eigenvalue weighted by molar-refractivity contribution is 7.19. The Kier molecular flexibility index (Phi) is 6.38. The van der Waals surface area contributed by atoms with Gasteiger partial charge >= 0.3 is 5.97 Å². The maximum Gasteiger partial charge on any atom is 0.341 e. The number of ether oxygens (including phenoxy) is 2. The Hall–Kier alpha value is -2.40. The number of nitrogens with zero attached hydrogens (tertiary/aromatic N) is 6. The van der Waals surface area contributed by atoms with Gasteiger partial charge in [-0.3, -0.25) is 4.90 Å². The van der Waals surface area contributed by atoms with Crippen molar-refractivity contribution in [3.63, 3.8) is 0 Å². The van der Waals surface area contributed by atoms with Gasteiger partial charge in [0.15, 0.2) is 0 Å². The van der Waals surface area contributed by atoms with Gasteiger partial charge in [0.25, 0.3) is 0 Å². The molecule has 0 aliphatic carbocycles. The van der Waals surface area contributed by atoms with Gasteiger partial charge in [-0.1, -0.05) is 11.6 Å². The number of aromatic nitrogens is 4. The molecular weight excluding hydrogens is 428 g/mol. The van der Waals surface area contributed by atoms with Crippen molar-refractivity contribution in [1.82, 2.24) is 24.8 Å². The summed E-state index contributed by atoms with van der Waals surface area (Å²) in [6.07, 6.45) is 6.13. The fourth-order valence-electron chi connectivity index (χ4n) is 3.33. The van der Waals surface area contributed by atoms with Gasteiger partial charge in [-0.05, 0) is 13.0 Å². The summed E-state index contributed by atoms with van der Waals surface area (Å²) in [7, 11) is 1.92. The third kappa shape index (κ3) is 4.36. The van der Waals surface area contributed by atoms with E-state index in [0.29, 0.717) is 37.8 Å². The van der Waals surface area contributed by atoms with E-state index < -0.39 is 11.5 Å². The van der Waals surface area contributed by atoms with Crippen LogP contribution in [0.25, 0.3) is 10.2 Å². The van der Waals surface area contributed by atoms with E-state index in [1.165, 1.54) is 18.7 Å². The van der Waals surface area contributed by atoms with Gasteiger partial charge in [0.1, 0.15) is 18.1 Å². The highest BCUT2D eigenvalue weighted by Crippen LogP contribution is 2.35. The molecule has 1 aliphatic heterocycles. The molecule has 4 heterocycles. The molecule has 0 saturated carbocycles. The average Bonchev–Trinajstić information content (AvgIpc) is 3.18. The molecule has 0 bridgehead atoms. The van der Waals surface area contributed by atoms with Crippen LogP contribution >= 0.6 is 22.9 Å². The number of hydrogen-bond donors (Lipinski definition) is 0. The van der Waals surface area contributed by atoms with Crippen molar-refractivity contribution < 1.29 is 14.3 Å². The first-order valence-electron chi connectivity index (χ1n) is 9.48. The van der Waals surface area contributed by atoms with E-state index in [1.807, 2.05) is 18.1 Å². The van der Waals surface area contributed by atoms with Crippen LogP contribution < -0.4 is 4.90 Å². The van der Waals surface area contributed by atoms with Crippen molar-refractivity contribution in [2.75, 3.05) is 38.3 Å². The summed E-state index contributed by atoms with van der Waals surface area (Å²) < 4.78 is 11.5. The van der Waals surface area contributed by atoms with E-state index in [-0.39, 0.29) is 6.17 Å². The number of hydrogen-bond acceptors (Lipinski definition) is 10. The first-order chi connectivity index (χ1) is 14.6. The van der Waals surface area contributed by atoms with E-state index in [1.54, 1.807) is 18.3 Å². The quantitative estimate of drug-likeness (QED) is 0.416. The second-order valence-corrected chi connectivity index (χ2v) is 8.28. The number of rotatable bonds is 6. The summed E-state index contributed by atoms with van der Waals surface area (Å²) in [6, 6.07) is 2.05. The SMILES string of the molecule is CCOC(=O)c1cnc(N(C)C(c2cc3ncncc3s2)N2CCOC(Cl)C2)nc1. The average molecular weight is 449 g/mol. The van der Waals surface area contributed by atoms with Gasteiger partial charge in [0, 0.05) is 43.6 Å². The molecule has 158 valence electrons. The van der Waals surface area contributed by atoms with Crippen LogP contribution in [0.4, 0.5) is 5.95 Å². The molecule has 30 heavy (non-hydrogen) atoms. The lowest BCUT2D eigenvalue weighted by molar-refractivity contribution is -0.00467. The third-order valence-electron chi connectivity index (χ3n) is 4.70. The lowest BCUT2D eigenvalue weighted by Gasteiger charge is -2.40. The van der Waals surface area contributed by atoms with Crippen LogP contribution in [-0.4, -0.2) is 69.7 Å². The summed E-state index contributed by atoms with van der Waals surface area (Å²) in [4.78, 5) is 34.4. The van der Waals surface area contributed by atoms with Crippen molar-refractivity contribution in [2.45, 2.75) is 18.7 Å². The van der Waals surface area contributed by atoms with Crippen molar-refractivity contribution in [2.24, 2.45) is 0 Å². The van der Waals surface area contributed by atoms with Crippen molar-refractivity contribution >= 4 is 45.1 Å². The number of morpholine rings is 1. The Labute approximate surface area is 182 Å². The second kappa shape index (κ2) is 9.17. The molecule has 3 aromatic rings. The van der Waals surface area contributed by atoms with Crippen LogP contribution in [0.5, 0.6) is 0 Å². The largest absolute Gasteiger partial charge is 0.462 e. The van der Waals surface area contributed by atoms with Gasteiger partial charge in [-0.25, -0.2) is 24.7 Å². The van der Waals surface area contributed by atoms with Crippen LogP contribution in [0.2, 0.25) is 0 Å². The molecule has 2 atom stereocenters. The lowest BCUT2D eigenvalue weighted by Crippen LogP contribution is -2.47. The molecule has 3 aromatic heterocycles. The summed E-state index contributed by atoms with van der Waals surface area (Å²) in [5.41, 5.74) is 0.809. The number of fused-ring (bicyclic) bond motifs is 1. The fourth-order valence-corrected chi connectivity index (χ4v) is 4.76. The molecule has 1 saturated heterocycles. The predicted octanol–water partition coefficient (Wildman–Crippen LogP) is 2.69. The molecule has 0 N–H and O–H groups in total. The van der Waals surface area contributed by atoms with E-state index in [4.69, 9.17) is 21.1 Å². The molecular formula is C19H21ClN6O3S. The highest BCUT2D eigenvalue weighted by Gasteiger charge is 2.32. The number of halogens is 1. The van der Waals surface area contributed by atoms with Gasteiger partial charge in [0.2, 0.25) is 5.95 Å². The molecule has 0 spiro atoms. The number of carbonyl (C=O) groups is 1. The molecule has 4 rings (SSSR count). The maximum absolute atomic E-state index is 11.9. The Morgan fingerprint density at radius 2 is 2.20 bits per heavy atom. The zero-order valence-corrected chi connectivity index (χ0v) is 18.1. The van der Waals surface area contributed by atoms with E-state index in [2.05, 4.69) is 30.9 Å². The molecule has 2 unspecified atom stereocenters. The second-order valence-electron chi connectivity index (χ2n) is 6.67. The standard InChI is InChI=1S/C19H21ClN6O3S/c1-3-28-18(27)12-7-22-19(23-8-12)25(2)17(26-4-5-29-16(20)10-26)14-6-13-15(30-14)9-21-11-24-13/h6-9,11,16-17H,3-5,10H2,1-2H3. The fraction of sp³-hybridized carbons (Fsp3) is 0.421. The van der Waals surface area contributed by atoms with Crippen LogP contribution in [0.1, 0.15) is 28.3 Å². The van der Waals surface area contributed by atoms with Gasteiger partial charge < -0.3 is 14.4 Å². The van der Waals surface area contributed by atoms with E-state index >= 15 is 0 Å². The van der Waals surface area contributed by atoms with Crippen LogP contribution in [0, 0.1) is 0 Å². The molecule has 9 nitrogen and oxygen atoms in total. The zero-order chi connectivity index (χ0) is 21.1. The van der Waals surface area contributed by atoms with E-state index in [0.717, 1.165) is 15.1 Å². The molecule has 1 aliphatic rings. The topological polar surface area (TPSA) is 93.6 Å². The van der Waals surface area contributed by atoms with Gasteiger partial charge in [-0.2, -0.15) is 0 Å². The maximum atomic E-state index is 11.9. The monoisotopic (exact) mass is 448 g/mol. The van der Waals surface area contributed by atoms with Crippen molar-refractivity contribution in [1.29, 1.82) is 0 Å². The zero-order valence-electron chi connectivity index (χ0n) is 16.6. The lowest BCUT2D eigenvalue weighted by atomic mass is 10.2. The summed E-state index contributed by atoms with van der Waals surface area (Å²) in [6.45, 7) is 3.85. The molecule has 0 amide bonds. The van der Waals surface area contributed by atoms with Crippen LogP contribution in [-0.2, 0) is 9.47 Å². The minimum Gasteiger partial charge on any atom is -0.462 e. The first kappa shape index (κ1) is 20.9. The molecule has 11 heteroatoms. The Bertz CT molecular complexity index is 984. The minimum atomic E-state index is -0.440. The highest BCUT2D eigenvalue weighted by atomic mass is 35.5. The van der Waals surface area contributed by atoms with Gasteiger partial charge in [-0.15, -0.1) is 11.3 Å². The number of anilines is 1.